The van der Waals surface area contributed by atoms with Crippen LogP contribution in [0.4, 0.5) is 5.69 Å². The fourth-order valence-corrected chi connectivity index (χ4v) is 1.63. The Morgan fingerprint density at radius 1 is 0.933 bits per heavy atom. The zero-order valence-corrected chi connectivity index (χ0v) is 9.25. The number of hydrogen-bond acceptors (Lipinski definition) is 1. The lowest BCUT2D eigenvalue weighted by Gasteiger charge is -2.04. The third-order valence-corrected chi connectivity index (χ3v) is 2.82. The minimum absolute atomic E-state index is 0.775. The van der Waals surface area contributed by atoms with Gasteiger partial charge in [0.2, 0.25) is 0 Å². The highest BCUT2D eigenvalue weighted by molar-refractivity contribution is 6.31. The lowest BCUT2D eigenvalue weighted by molar-refractivity contribution is 1.47. The van der Waals surface area contributed by atoms with Gasteiger partial charge in [-0.25, -0.2) is 0 Å². The maximum absolute atomic E-state index is 6.07. The van der Waals surface area contributed by atoms with Gasteiger partial charge in [-0.15, -0.1) is 0 Å². The molecule has 0 fully saturated rings. The molecule has 0 bridgehead atoms. The molecule has 0 aliphatic carbocycles. The van der Waals surface area contributed by atoms with Crippen LogP contribution in [0, 0.1) is 6.92 Å². The second-order valence-electron chi connectivity index (χ2n) is 3.59. The largest absolute Gasteiger partial charge is 0.399 e. The monoisotopic (exact) mass is 217 g/mol. The zero-order valence-electron chi connectivity index (χ0n) is 8.50. The predicted molar refractivity (Wildman–Crippen MR) is 66.0 cm³/mol. The molecule has 0 unspecified atom stereocenters. The average Bonchev–Trinajstić information content (AvgIpc) is 2.23. The van der Waals surface area contributed by atoms with Gasteiger partial charge in [0, 0.05) is 10.7 Å². The van der Waals surface area contributed by atoms with Crippen molar-refractivity contribution in [1.29, 1.82) is 0 Å². The van der Waals surface area contributed by atoms with Crippen molar-refractivity contribution < 1.29 is 0 Å². The summed E-state index contributed by atoms with van der Waals surface area (Å²) >= 11 is 6.07. The Morgan fingerprint density at radius 3 is 2.13 bits per heavy atom. The summed E-state index contributed by atoms with van der Waals surface area (Å²) in [5.41, 5.74) is 9.75. The van der Waals surface area contributed by atoms with Crippen LogP contribution < -0.4 is 5.73 Å². The Balaban J connectivity index is 2.45. The minimum atomic E-state index is 0.775. The van der Waals surface area contributed by atoms with Gasteiger partial charge in [0.05, 0.1) is 0 Å². The second kappa shape index (κ2) is 3.95. The van der Waals surface area contributed by atoms with Gasteiger partial charge in [-0.2, -0.15) is 0 Å². The Hall–Kier alpha value is -1.47. The molecule has 0 heterocycles. The molecule has 0 aliphatic heterocycles. The van der Waals surface area contributed by atoms with Gasteiger partial charge in [-0.05, 0) is 41.8 Å². The molecule has 0 saturated carbocycles. The number of hydrogen-bond donors (Lipinski definition) is 1. The van der Waals surface area contributed by atoms with Crippen molar-refractivity contribution in [3.63, 3.8) is 0 Å². The summed E-state index contributed by atoms with van der Waals surface area (Å²) in [6, 6.07) is 13.8. The summed E-state index contributed by atoms with van der Waals surface area (Å²) in [6.07, 6.45) is 0. The first kappa shape index (κ1) is 10.1. The number of benzene rings is 2. The number of aryl methyl sites for hydroxylation is 1. The molecule has 15 heavy (non-hydrogen) atoms. The molecule has 0 radical (unpaired) electrons. The van der Waals surface area contributed by atoms with Gasteiger partial charge in [-0.3, -0.25) is 0 Å². The van der Waals surface area contributed by atoms with Gasteiger partial charge in [0.25, 0.3) is 0 Å². The lowest BCUT2D eigenvalue weighted by atomic mass is 10.0. The molecule has 2 aromatic carbocycles. The van der Waals surface area contributed by atoms with E-state index in [0.29, 0.717) is 0 Å². The maximum atomic E-state index is 6.07. The molecule has 2 aromatic rings. The van der Waals surface area contributed by atoms with Crippen LogP contribution in [0.15, 0.2) is 42.5 Å². The van der Waals surface area contributed by atoms with E-state index >= 15 is 0 Å². The zero-order chi connectivity index (χ0) is 10.8. The molecule has 2 rings (SSSR count). The van der Waals surface area contributed by atoms with Crippen LogP contribution in [-0.2, 0) is 0 Å². The van der Waals surface area contributed by atoms with Crippen molar-refractivity contribution in [1.82, 2.24) is 0 Å². The number of halogens is 1. The fraction of sp³-hybridized carbons (Fsp3) is 0.0769. The highest BCUT2D eigenvalue weighted by Crippen LogP contribution is 2.25. The van der Waals surface area contributed by atoms with E-state index in [-0.39, 0.29) is 0 Å². The maximum Gasteiger partial charge on any atom is 0.0441 e. The highest BCUT2D eigenvalue weighted by Gasteiger charge is 2.00. The first-order chi connectivity index (χ1) is 7.16. The summed E-state index contributed by atoms with van der Waals surface area (Å²) in [4.78, 5) is 0. The molecule has 0 aliphatic rings. The van der Waals surface area contributed by atoms with E-state index in [1.807, 2.05) is 43.3 Å². The quantitative estimate of drug-likeness (QED) is 0.721. The molecule has 1 nitrogen and oxygen atoms in total. The summed E-state index contributed by atoms with van der Waals surface area (Å²) in [7, 11) is 0. The summed E-state index contributed by atoms with van der Waals surface area (Å²) in [6.45, 7) is 2.00. The SMILES string of the molecule is Cc1ccc(-c2ccc(N)cc2)cc1Cl. The van der Waals surface area contributed by atoms with Crippen molar-refractivity contribution in [2.75, 3.05) is 5.73 Å². The number of anilines is 1. The topological polar surface area (TPSA) is 26.0 Å². The van der Waals surface area contributed by atoms with Crippen LogP contribution in [0.1, 0.15) is 5.56 Å². The van der Waals surface area contributed by atoms with E-state index in [2.05, 4.69) is 6.07 Å². The number of nitrogens with two attached hydrogens (primary N) is 1. The molecule has 0 aromatic heterocycles. The summed E-state index contributed by atoms with van der Waals surface area (Å²) in [5, 5.41) is 0.796. The van der Waals surface area contributed by atoms with Crippen LogP contribution in [0.2, 0.25) is 5.02 Å². The van der Waals surface area contributed by atoms with Crippen LogP contribution >= 0.6 is 11.6 Å². The Kier molecular flexibility index (Phi) is 2.65. The number of rotatable bonds is 1. The van der Waals surface area contributed by atoms with Gasteiger partial charge in [-0.1, -0.05) is 35.9 Å². The number of nitrogen functional groups attached to an aromatic ring is 1. The van der Waals surface area contributed by atoms with Crippen LogP contribution in [0.5, 0.6) is 0 Å². The molecule has 0 amide bonds. The van der Waals surface area contributed by atoms with Crippen LogP contribution in [0.3, 0.4) is 0 Å². The second-order valence-corrected chi connectivity index (χ2v) is 3.99. The summed E-state index contributed by atoms with van der Waals surface area (Å²) in [5.74, 6) is 0. The van der Waals surface area contributed by atoms with E-state index in [9.17, 15) is 0 Å². The highest BCUT2D eigenvalue weighted by atomic mass is 35.5. The van der Waals surface area contributed by atoms with E-state index in [1.54, 1.807) is 0 Å². The van der Waals surface area contributed by atoms with Gasteiger partial charge < -0.3 is 5.73 Å². The van der Waals surface area contributed by atoms with E-state index in [0.717, 1.165) is 27.4 Å². The molecule has 76 valence electrons. The van der Waals surface area contributed by atoms with E-state index < -0.39 is 0 Å². The predicted octanol–water partition coefficient (Wildman–Crippen LogP) is 3.90. The molecule has 0 spiro atoms. The van der Waals surface area contributed by atoms with Crippen molar-refractivity contribution in [2.45, 2.75) is 6.92 Å². The van der Waals surface area contributed by atoms with Crippen molar-refractivity contribution in [3.8, 4) is 11.1 Å². The van der Waals surface area contributed by atoms with Gasteiger partial charge in [0.1, 0.15) is 0 Å². The Bertz CT molecular complexity index is 474. The van der Waals surface area contributed by atoms with Crippen LogP contribution in [0.25, 0.3) is 11.1 Å². The van der Waals surface area contributed by atoms with Gasteiger partial charge >= 0.3 is 0 Å². The fourth-order valence-electron chi connectivity index (χ4n) is 1.45. The molecule has 0 atom stereocenters. The first-order valence-corrected chi connectivity index (χ1v) is 5.17. The Labute approximate surface area is 94.5 Å². The molecule has 2 N–H and O–H groups in total. The first-order valence-electron chi connectivity index (χ1n) is 4.79. The molecular weight excluding hydrogens is 206 g/mol. The minimum Gasteiger partial charge on any atom is -0.399 e. The van der Waals surface area contributed by atoms with Crippen molar-refractivity contribution >= 4 is 17.3 Å². The average molecular weight is 218 g/mol. The van der Waals surface area contributed by atoms with Crippen molar-refractivity contribution in [2.24, 2.45) is 0 Å². The van der Waals surface area contributed by atoms with E-state index in [1.165, 1.54) is 0 Å². The third-order valence-electron chi connectivity index (χ3n) is 2.42. The van der Waals surface area contributed by atoms with Crippen molar-refractivity contribution in [3.05, 3.63) is 53.1 Å². The van der Waals surface area contributed by atoms with E-state index in [4.69, 9.17) is 17.3 Å². The molecule has 0 saturated heterocycles. The van der Waals surface area contributed by atoms with Gasteiger partial charge in [0.15, 0.2) is 0 Å². The smallest absolute Gasteiger partial charge is 0.0441 e. The normalized spacial score (nSPS) is 10.3. The Morgan fingerprint density at radius 2 is 1.53 bits per heavy atom. The lowest BCUT2D eigenvalue weighted by Crippen LogP contribution is -1.84. The molecular formula is C13H12ClN. The van der Waals surface area contributed by atoms with Crippen LogP contribution in [-0.4, -0.2) is 0 Å². The summed E-state index contributed by atoms with van der Waals surface area (Å²) < 4.78 is 0. The molecule has 2 heteroatoms. The third kappa shape index (κ3) is 2.13. The standard InChI is InChI=1S/C13H12ClN/c1-9-2-3-11(8-13(9)14)10-4-6-12(15)7-5-10/h2-8H,15H2,1H3.